The van der Waals surface area contributed by atoms with E-state index < -0.39 is 0 Å². The Labute approximate surface area is 126 Å². The highest BCUT2D eigenvalue weighted by molar-refractivity contribution is 9.10. The van der Waals surface area contributed by atoms with Gasteiger partial charge in [-0.3, -0.25) is 0 Å². The summed E-state index contributed by atoms with van der Waals surface area (Å²) in [5.41, 5.74) is 2.31. The fourth-order valence-electron chi connectivity index (χ4n) is 1.99. The van der Waals surface area contributed by atoms with Crippen molar-refractivity contribution in [2.24, 2.45) is 0 Å². The second-order valence-electron chi connectivity index (χ2n) is 4.29. The molecule has 1 N–H and O–H groups in total. The molecule has 0 radical (unpaired) electrons. The monoisotopic (exact) mass is 340 g/mol. The SMILES string of the molecule is CNC(Cc1csc(C)n1)c1cc(OC)ccc1Br. The van der Waals surface area contributed by atoms with Gasteiger partial charge in [0.25, 0.3) is 0 Å². The smallest absolute Gasteiger partial charge is 0.119 e. The molecule has 0 saturated carbocycles. The van der Waals surface area contributed by atoms with E-state index in [1.54, 1.807) is 18.4 Å². The third kappa shape index (κ3) is 3.55. The Morgan fingerprint density at radius 2 is 2.26 bits per heavy atom. The van der Waals surface area contributed by atoms with Gasteiger partial charge in [-0.1, -0.05) is 15.9 Å². The van der Waals surface area contributed by atoms with Crippen LogP contribution in [0.2, 0.25) is 0 Å². The summed E-state index contributed by atoms with van der Waals surface area (Å²) >= 11 is 5.29. The zero-order chi connectivity index (χ0) is 13.8. The number of methoxy groups -OCH3 is 1. The zero-order valence-corrected chi connectivity index (χ0v) is 13.6. The van der Waals surface area contributed by atoms with Gasteiger partial charge in [-0.25, -0.2) is 4.98 Å². The van der Waals surface area contributed by atoms with Gasteiger partial charge >= 0.3 is 0 Å². The fraction of sp³-hybridized carbons (Fsp3) is 0.357. The first-order valence-corrected chi connectivity index (χ1v) is 7.73. The van der Waals surface area contributed by atoms with E-state index in [2.05, 4.69) is 37.7 Å². The van der Waals surface area contributed by atoms with Crippen LogP contribution in [0.15, 0.2) is 28.1 Å². The average molecular weight is 341 g/mol. The summed E-state index contributed by atoms with van der Waals surface area (Å²) in [6.07, 6.45) is 0.868. The molecule has 1 unspecified atom stereocenters. The van der Waals surface area contributed by atoms with Crippen molar-refractivity contribution in [1.29, 1.82) is 0 Å². The van der Waals surface area contributed by atoms with Gasteiger partial charge in [-0.05, 0) is 37.7 Å². The predicted molar refractivity (Wildman–Crippen MR) is 83.0 cm³/mol. The quantitative estimate of drug-likeness (QED) is 0.900. The second-order valence-corrected chi connectivity index (χ2v) is 6.21. The maximum absolute atomic E-state index is 5.30. The van der Waals surface area contributed by atoms with Gasteiger partial charge in [0.1, 0.15) is 5.75 Å². The Hall–Kier alpha value is -0.910. The van der Waals surface area contributed by atoms with Crippen molar-refractivity contribution < 1.29 is 4.74 Å². The number of ether oxygens (including phenoxy) is 1. The number of halogens is 1. The lowest BCUT2D eigenvalue weighted by Gasteiger charge is -2.18. The molecular weight excluding hydrogens is 324 g/mol. The molecule has 0 aliphatic carbocycles. The van der Waals surface area contributed by atoms with Gasteiger partial charge in [0.05, 0.1) is 17.8 Å². The molecule has 1 atom stereocenters. The van der Waals surface area contributed by atoms with E-state index in [0.717, 1.165) is 27.3 Å². The first-order chi connectivity index (χ1) is 9.13. The fourth-order valence-corrected chi connectivity index (χ4v) is 3.14. The Kier molecular flexibility index (Phi) is 4.96. The highest BCUT2D eigenvalue weighted by Crippen LogP contribution is 2.29. The summed E-state index contributed by atoms with van der Waals surface area (Å²) in [5, 5.41) is 6.57. The van der Waals surface area contributed by atoms with E-state index in [1.807, 2.05) is 26.1 Å². The predicted octanol–water partition coefficient (Wildman–Crippen LogP) is 3.73. The number of hydrogen-bond donors (Lipinski definition) is 1. The van der Waals surface area contributed by atoms with Crippen LogP contribution >= 0.6 is 27.3 Å². The lowest BCUT2D eigenvalue weighted by molar-refractivity contribution is 0.413. The van der Waals surface area contributed by atoms with Gasteiger partial charge in [0.15, 0.2) is 0 Å². The van der Waals surface area contributed by atoms with Crippen LogP contribution in [-0.4, -0.2) is 19.1 Å². The van der Waals surface area contributed by atoms with E-state index in [4.69, 9.17) is 4.74 Å². The molecule has 0 amide bonds. The van der Waals surface area contributed by atoms with E-state index in [1.165, 1.54) is 5.56 Å². The first kappa shape index (κ1) is 14.5. The number of hydrogen-bond acceptors (Lipinski definition) is 4. The van der Waals surface area contributed by atoms with Crippen molar-refractivity contribution in [3.63, 3.8) is 0 Å². The highest BCUT2D eigenvalue weighted by atomic mass is 79.9. The molecule has 19 heavy (non-hydrogen) atoms. The molecule has 2 rings (SSSR count). The molecule has 0 bridgehead atoms. The van der Waals surface area contributed by atoms with Crippen molar-refractivity contribution in [2.45, 2.75) is 19.4 Å². The van der Waals surface area contributed by atoms with Crippen LogP contribution in [0.25, 0.3) is 0 Å². The Morgan fingerprint density at radius 3 is 2.84 bits per heavy atom. The molecule has 0 fully saturated rings. The topological polar surface area (TPSA) is 34.2 Å². The van der Waals surface area contributed by atoms with Crippen molar-refractivity contribution >= 4 is 27.3 Å². The molecule has 0 spiro atoms. The Balaban J connectivity index is 2.26. The Morgan fingerprint density at radius 1 is 1.47 bits per heavy atom. The van der Waals surface area contributed by atoms with Gasteiger partial charge in [0.2, 0.25) is 0 Å². The summed E-state index contributed by atoms with van der Waals surface area (Å²) in [4.78, 5) is 4.53. The number of rotatable bonds is 5. The molecular formula is C14H17BrN2OS. The largest absolute Gasteiger partial charge is 0.497 e. The van der Waals surface area contributed by atoms with Crippen molar-refractivity contribution in [3.05, 3.63) is 44.3 Å². The lowest BCUT2D eigenvalue weighted by Crippen LogP contribution is -2.19. The minimum atomic E-state index is 0.214. The summed E-state index contributed by atoms with van der Waals surface area (Å²) in [7, 11) is 3.65. The number of nitrogens with zero attached hydrogens (tertiary/aromatic N) is 1. The van der Waals surface area contributed by atoms with Crippen molar-refractivity contribution in [1.82, 2.24) is 10.3 Å². The normalized spacial score (nSPS) is 12.4. The number of likely N-dealkylation sites (N-methyl/N-ethyl adjacent to an activating group) is 1. The number of thiazole rings is 1. The Bertz CT molecular complexity index is 556. The van der Waals surface area contributed by atoms with Crippen LogP contribution in [0, 0.1) is 6.92 Å². The van der Waals surface area contributed by atoms with Crippen molar-refractivity contribution in [2.75, 3.05) is 14.2 Å². The first-order valence-electron chi connectivity index (χ1n) is 6.05. The van der Waals surface area contributed by atoms with Crippen LogP contribution in [0.4, 0.5) is 0 Å². The summed E-state index contributed by atoms with van der Waals surface area (Å²) < 4.78 is 6.38. The number of aromatic nitrogens is 1. The van der Waals surface area contributed by atoms with Crippen LogP contribution in [0.5, 0.6) is 5.75 Å². The van der Waals surface area contributed by atoms with Crippen LogP contribution in [0.1, 0.15) is 22.3 Å². The minimum Gasteiger partial charge on any atom is -0.497 e. The second kappa shape index (κ2) is 6.50. The molecule has 0 aliphatic heterocycles. The maximum atomic E-state index is 5.30. The molecule has 1 aromatic carbocycles. The molecule has 2 aromatic rings. The molecule has 102 valence electrons. The average Bonchev–Trinajstić information content (AvgIpc) is 2.82. The van der Waals surface area contributed by atoms with Crippen molar-refractivity contribution in [3.8, 4) is 5.75 Å². The van der Waals surface area contributed by atoms with Gasteiger partial charge in [0, 0.05) is 22.3 Å². The number of aryl methyl sites for hydroxylation is 1. The standard InChI is InChI=1S/C14H17BrN2OS/c1-9-17-10(8-19-9)6-14(16-2)12-7-11(18-3)4-5-13(12)15/h4-5,7-8,14,16H,6H2,1-3H3. The van der Waals surface area contributed by atoms with Gasteiger partial charge in [-0.15, -0.1) is 11.3 Å². The molecule has 5 heteroatoms. The third-order valence-electron chi connectivity index (χ3n) is 3.01. The molecule has 0 saturated heterocycles. The van der Waals surface area contributed by atoms with Crippen LogP contribution < -0.4 is 10.1 Å². The zero-order valence-electron chi connectivity index (χ0n) is 11.2. The van der Waals surface area contributed by atoms with E-state index in [-0.39, 0.29) is 6.04 Å². The van der Waals surface area contributed by atoms with Gasteiger partial charge < -0.3 is 10.1 Å². The molecule has 3 nitrogen and oxygen atoms in total. The van der Waals surface area contributed by atoms with E-state index in [9.17, 15) is 0 Å². The van der Waals surface area contributed by atoms with Crippen LogP contribution in [-0.2, 0) is 6.42 Å². The van der Waals surface area contributed by atoms with Gasteiger partial charge in [-0.2, -0.15) is 0 Å². The maximum Gasteiger partial charge on any atom is 0.119 e. The third-order valence-corrected chi connectivity index (χ3v) is 4.55. The minimum absolute atomic E-state index is 0.214. The molecule has 1 aromatic heterocycles. The van der Waals surface area contributed by atoms with E-state index >= 15 is 0 Å². The summed E-state index contributed by atoms with van der Waals surface area (Å²) in [6, 6.07) is 6.24. The highest BCUT2D eigenvalue weighted by Gasteiger charge is 2.15. The van der Waals surface area contributed by atoms with Crippen LogP contribution in [0.3, 0.4) is 0 Å². The van der Waals surface area contributed by atoms with E-state index in [0.29, 0.717) is 0 Å². The molecule has 0 aliphatic rings. The summed E-state index contributed by atoms with van der Waals surface area (Å²) in [5.74, 6) is 0.868. The number of benzene rings is 1. The lowest BCUT2D eigenvalue weighted by atomic mass is 10.0. The summed E-state index contributed by atoms with van der Waals surface area (Å²) in [6.45, 7) is 2.03. The molecule has 1 heterocycles. The number of nitrogens with one attached hydrogen (secondary N) is 1.